The van der Waals surface area contributed by atoms with Gasteiger partial charge in [-0.05, 0) is 12.1 Å². The van der Waals surface area contributed by atoms with Crippen molar-refractivity contribution >= 4 is 12.2 Å². The van der Waals surface area contributed by atoms with Gasteiger partial charge in [-0.2, -0.15) is 0 Å². The number of aromatic nitrogens is 2. The maximum atomic E-state index is 12.3. The second kappa shape index (κ2) is 5.56. The van der Waals surface area contributed by atoms with E-state index in [1.54, 1.807) is 23.4 Å². The van der Waals surface area contributed by atoms with E-state index >= 15 is 0 Å². The molecule has 1 aromatic carbocycles. The van der Waals surface area contributed by atoms with Crippen LogP contribution in [0.2, 0.25) is 0 Å². The van der Waals surface area contributed by atoms with Crippen LogP contribution in [-0.4, -0.2) is 34.5 Å². The van der Waals surface area contributed by atoms with Gasteiger partial charge in [-0.15, -0.1) is 0 Å². The summed E-state index contributed by atoms with van der Waals surface area (Å²) in [5.74, 6) is 0.304. The average Bonchev–Trinajstić information content (AvgIpc) is 2.43. The molecule has 0 bridgehead atoms. The molecule has 0 aliphatic carbocycles. The third kappa shape index (κ3) is 2.69. The number of para-hydroxylation sites is 1. The Hall–Kier alpha value is -2.63. The number of hydrogen-bond acceptors (Lipinski definition) is 3. The van der Waals surface area contributed by atoms with Crippen LogP contribution in [0.1, 0.15) is 0 Å². The number of hydrogen-bond donors (Lipinski definition) is 0. The van der Waals surface area contributed by atoms with Gasteiger partial charge in [-0.3, -0.25) is 9.36 Å². The molecule has 0 fully saturated rings. The van der Waals surface area contributed by atoms with Gasteiger partial charge in [0.2, 0.25) is 0 Å². The van der Waals surface area contributed by atoms with Gasteiger partial charge in [-0.1, -0.05) is 18.2 Å². The van der Waals surface area contributed by atoms with Crippen molar-refractivity contribution in [2.24, 2.45) is 12.0 Å². The summed E-state index contributed by atoms with van der Waals surface area (Å²) in [5.41, 5.74) is -0.137. The van der Waals surface area contributed by atoms with Gasteiger partial charge in [0, 0.05) is 27.2 Å². The van der Waals surface area contributed by atoms with Crippen LogP contribution in [0.25, 0.3) is 5.69 Å². The summed E-state index contributed by atoms with van der Waals surface area (Å²) in [4.78, 5) is 30.0. The van der Waals surface area contributed by atoms with E-state index in [0.29, 0.717) is 11.5 Å². The number of rotatable bonds is 3. The van der Waals surface area contributed by atoms with Crippen molar-refractivity contribution in [1.82, 2.24) is 14.0 Å². The van der Waals surface area contributed by atoms with E-state index in [2.05, 4.69) is 4.99 Å². The molecule has 104 valence electrons. The normalized spacial score (nSPS) is 10.9. The molecule has 0 spiro atoms. The van der Waals surface area contributed by atoms with Crippen molar-refractivity contribution in [1.29, 1.82) is 0 Å². The summed E-state index contributed by atoms with van der Waals surface area (Å²) in [6.07, 6.45) is 1.55. The maximum absolute atomic E-state index is 12.3. The van der Waals surface area contributed by atoms with Gasteiger partial charge in [0.1, 0.15) is 5.82 Å². The van der Waals surface area contributed by atoms with E-state index < -0.39 is 5.69 Å². The Labute approximate surface area is 116 Å². The maximum Gasteiger partial charge on any atom is 0.337 e. The molecule has 1 aromatic heterocycles. The summed E-state index contributed by atoms with van der Waals surface area (Å²) in [6, 6.07) is 10.4. The van der Waals surface area contributed by atoms with E-state index in [1.807, 2.05) is 32.3 Å². The molecule has 6 heteroatoms. The zero-order valence-electron chi connectivity index (χ0n) is 11.6. The van der Waals surface area contributed by atoms with E-state index in [0.717, 1.165) is 4.57 Å². The smallest absolute Gasteiger partial charge is 0.337 e. The van der Waals surface area contributed by atoms with Crippen molar-refractivity contribution in [3.8, 4) is 5.69 Å². The highest BCUT2D eigenvalue weighted by molar-refractivity contribution is 5.60. The first-order valence-electron chi connectivity index (χ1n) is 6.10. The van der Waals surface area contributed by atoms with Crippen LogP contribution in [0.15, 0.2) is 51.0 Å². The predicted octanol–water partition coefficient (Wildman–Crippen LogP) is 0.758. The van der Waals surface area contributed by atoms with E-state index in [4.69, 9.17) is 0 Å². The minimum atomic E-state index is -0.422. The van der Waals surface area contributed by atoms with Crippen LogP contribution < -0.4 is 11.2 Å². The van der Waals surface area contributed by atoms with Crippen molar-refractivity contribution in [3.63, 3.8) is 0 Å². The fourth-order valence-electron chi connectivity index (χ4n) is 1.70. The Bertz CT molecular complexity index is 742. The lowest BCUT2D eigenvalue weighted by molar-refractivity contribution is 0.641. The summed E-state index contributed by atoms with van der Waals surface area (Å²) in [7, 11) is 5.08. The van der Waals surface area contributed by atoms with Gasteiger partial charge >= 0.3 is 5.69 Å². The topological polar surface area (TPSA) is 59.6 Å². The second-order valence-electron chi connectivity index (χ2n) is 4.56. The van der Waals surface area contributed by atoms with Crippen LogP contribution >= 0.6 is 0 Å². The Kier molecular flexibility index (Phi) is 3.84. The van der Waals surface area contributed by atoms with Gasteiger partial charge < -0.3 is 4.90 Å². The third-order valence-electron chi connectivity index (χ3n) is 2.73. The van der Waals surface area contributed by atoms with Crippen molar-refractivity contribution in [3.05, 3.63) is 57.2 Å². The molecule has 20 heavy (non-hydrogen) atoms. The molecule has 0 unspecified atom stereocenters. The fraction of sp³-hybridized carbons (Fsp3) is 0.214. The first kappa shape index (κ1) is 13.8. The Morgan fingerprint density at radius 3 is 2.40 bits per heavy atom. The highest BCUT2D eigenvalue weighted by atomic mass is 16.2. The molecule has 0 aliphatic rings. The van der Waals surface area contributed by atoms with Gasteiger partial charge in [0.25, 0.3) is 5.56 Å². The SMILES string of the molecule is CN(C)/C=N/c1cc(=O)n(C)c(=O)n1-c1ccccc1. The Morgan fingerprint density at radius 2 is 1.80 bits per heavy atom. The monoisotopic (exact) mass is 272 g/mol. The average molecular weight is 272 g/mol. The first-order chi connectivity index (χ1) is 9.50. The highest BCUT2D eigenvalue weighted by Gasteiger charge is 2.09. The van der Waals surface area contributed by atoms with Crippen LogP contribution in [0.5, 0.6) is 0 Å². The lowest BCUT2D eigenvalue weighted by Crippen LogP contribution is -2.36. The minimum absolute atomic E-state index is 0.304. The molecule has 2 aromatic rings. The Balaban J connectivity index is 2.74. The quantitative estimate of drug-likeness (QED) is 0.612. The summed E-state index contributed by atoms with van der Waals surface area (Å²) >= 11 is 0. The van der Waals surface area contributed by atoms with E-state index in [-0.39, 0.29) is 5.56 Å². The molecule has 1 heterocycles. The summed E-state index contributed by atoms with van der Waals surface area (Å²) in [6.45, 7) is 0. The largest absolute Gasteiger partial charge is 0.369 e. The number of nitrogens with zero attached hydrogens (tertiary/aromatic N) is 4. The molecular formula is C14H16N4O2. The highest BCUT2D eigenvalue weighted by Crippen LogP contribution is 2.13. The standard InChI is InChI=1S/C14H16N4O2/c1-16(2)10-15-12-9-13(19)17(3)14(20)18(12)11-7-5-4-6-8-11/h4-10H,1-3H3/b15-10+. The van der Waals surface area contributed by atoms with Crippen LogP contribution in [-0.2, 0) is 7.05 Å². The zero-order valence-corrected chi connectivity index (χ0v) is 11.6. The van der Waals surface area contributed by atoms with Crippen LogP contribution in [0.4, 0.5) is 5.82 Å². The zero-order chi connectivity index (χ0) is 14.7. The van der Waals surface area contributed by atoms with Crippen molar-refractivity contribution in [2.75, 3.05) is 14.1 Å². The van der Waals surface area contributed by atoms with Crippen molar-refractivity contribution < 1.29 is 0 Å². The molecule has 6 nitrogen and oxygen atoms in total. The summed E-state index contributed by atoms with van der Waals surface area (Å²) < 4.78 is 2.46. The van der Waals surface area contributed by atoms with Crippen LogP contribution in [0, 0.1) is 0 Å². The molecular weight excluding hydrogens is 256 g/mol. The summed E-state index contributed by atoms with van der Waals surface area (Å²) in [5, 5.41) is 0. The lowest BCUT2D eigenvalue weighted by atomic mass is 10.3. The van der Waals surface area contributed by atoms with Crippen molar-refractivity contribution in [2.45, 2.75) is 0 Å². The molecule has 0 saturated carbocycles. The Morgan fingerprint density at radius 1 is 1.15 bits per heavy atom. The molecule has 0 saturated heterocycles. The minimum Gasteiger partial charge on any atom is -0.369 e. The number of aliphatic imine (C=N–C) groups is 1. The predicted molar refractivity (Wildman–Crippen MR) is 79.1 cm³/mol. The molecule has 0 N–H and O–H groups in total. The van der Waals surface area contributed by atoms with Crippen LogP contribution in [0.3, 0.4) is 0 Å². The molecule has 0 atom stereocenters. The molecule has 2 rings (SSSR count). The molecule has 0 aliphatic heterocycles. The van der Waals surface area contributed by atoms with E-state index in [9.17, 15) is 9.59 Å². The number of benzene rings is 1. The third-order valence-corrected chi connectivity index (χ3v) is 2.73. The van der Waals surface area contributed by atoms with Gasteiger partial charge in [0.05, 0.1) is 12.0 Å². The molecule has 0 amide bonds. The van der Waals surface area contributed by atoms with E-state index in [1.165, 1.54) is 17.7 Å². The first-order valence-corrected chi connectivity index (χ1v) is 6.10. The fourth-order valence-corrected chi connectivity index (χ4v) is 1.70. The van der Waals surface area contributed by atoms with Gasteiger partial charge in [-0.25, -0.2) is 14.4 Å². The second-order valence-corrected chi connectivity index (χ2v) is 4.56. The molecule has 0 radical (unpaired) electrons. The lowest BCUT2D eigenvalue weighted by Gasteiger charge is -2.11. The van der Waals surface area contributed by atoms with Gasteiger partial charge in [0.15, 0.2) is 0 Å².